The number of imidazole rings is 1. The molecular weight excluding hydrogens is 519 g/mol. The first-order chi connectivity index (χ1) is 18.2. The van der Waals surface area contributed by atoms with Crippen LogP contribution in [0.2, 0.25) is 10.0 Å². The van der Waals surface area contributed by atoms with Crippen molar-refractivity contribution < 1.29 is 14.6 Å². The highest BCUT2D eigenvalue weighted by atomic mass is 35.5. The molecule has 5 nitrogen and oxygen atoms in total. The Labute approximate surface area is 235 Å². The fraction of sp³-hybridized carbons (Fsp3) is 0.226. The third-order valence-electron chi connectivity index (χ3n) is 5.53. The third-order valence-corrected chi connectivity index (χ3v) is 6.08. The zero-order valence-electron chi connectivity index (χ0n) is 21.9. The maximum absolute atomic E-state index is 10.5. The summed E-state index contributed by atoms with van der Waals surface area (Å²) in [6.07, 6.45) is 20.8. The highest BCUT2D eigenvalue weighted by molar-refractivity contribution is 6.36. The molecule has 0 aliphatic rings. The summed E-state index contributed by atoms with van der Waals surface area (Å²) in [5.74, 6) is -0.0259. The average molecular weight is 554 g/mol. The SMILES string of the molecule is C=C/C=C(C/C=C\COCCCC(=O)O)/C(C)=C/C=C(C=C)/C=C/c1nc(-c2ccc(Cl)cc2Cl)cn1C. The molecule has 200 valence electrons. The van der Waals surface area contributed by atoms with E-state index in [2.05, 4.69) is 13.2 Å². The maximum Gasteiger partial charge on any atom is 0.303 e. The summed E-state index contributed by atoms with van der Waals surface area (Å²) in [5.41, 5.74) is 4.75. The first-order valence-corrected chi connectivity index (χ1v) is 12.9. The number of nitrogens with zero attached hydrogens (tertiary/aromatic N) is 2. The average Bonchev–Trinajstić information content (AvgIpc) is 3.24. The number of halogens is 2. The van der Waals surface area contributed by atoms with Crippen molar-refractivity contribution >= 4 is 35.2 Å². The molecule has 1 N–H and O–H groups in total. The molecule has 0 unspecified atom stereocenters. The lowest BCUT2D eigenvalue weighted by molar-refractivity contribution is -0.137. The van der Waals surface area contributed by atoms with Gasteiger partial charge in [0.25, 0.3) is 0 Å². The van der Waals surface area contributed by atoms with Crippen LogP contribution >= 0.6 is 23.2 Å². The van der Waals surface area contributed by atoms with Crippen molar-refractivity contribution in [2.75, 3.05) is 13.2 Å². The second kappa shape index (κ2) is 16.5. The third kappa shape index (κ3) is 10.5. The Balaban J connectivity index is 2.04. The lowest BCUT2D eigenvalue weighted by Gasteiger charge is -2.04. The van der Waals surface area contributed by atoms with Gasteiger partial charge in [0.2, 0.25) is 0 Å². The summed E-state index contributed by atoms with van der Waals surface area (Å²) in [6, 6.07) is 5.37. The van der Waals surface area contributed by atoms with Crippen molar-refractivity contribution in [3.63, 3.8) is 0 Å². The van der Waals surface area contributed by atoms with Crippen molar-refractivity contribution in [1.29, 1.82) is 0 Å². The number of ether oxygens (including phenoxy) is 1. The number of hydrogen-bond donors (Lipinski definition) is 1. The Morgan fingerprint density at radius 3 is 2.66 bits per heavy atom. The van der Waals surface area contributed by atoms with E-state index in [0.717, 1.165) is 40.2 Å². The number of rotatable bonds is 15. The topological polar surface area (TPSA) is 64.3 Å². The summed E-state index contributed by atoms with van der Waals surface area (Å²) in [6.45, 7) is 10.7. The van der Waals surface area contributed by atoms with Crippen molar-refractivity contribution in [3.05, 3.63) is 119 Å². The van der Waals surface area contributed by atoms with Gasteiger partial charge in [-0.3, -0.25) is 4.79 Å². The molecule has 0 saturated carbocycles. The van der Waals surface area contributed by atoms with Crippen molar-refractivity contribution in [1.82, 2.24) is 9.55 Å². The fourth-order valence-electron chi connectivity index (χ4n) is 3.41. The van der Waals surface area contributed by atoms with Crippen LogP contribution in [0.5, 0.6) is 0 Å². The maximum atomic E-state index is 10.5. The van der Waals surface area contributed by atoms with Crippen molar-refractivity contribution in [2.45, 2.75) is 26.2 Å². The smallest absolute Gasteiger partial charge is 0.303 e. The second-order valence-corrected chi connectivity index (χ2v) is 9.29. The van der Waals surface area contributed by atoms with Crippen LogP contribution in [0, 0.1) is 0 Å². The molecule has 0 radical (unpaired) electrons. The lowest BCUT2D eigenvalue weighted by Crippen LogP contribution is -1.99. The van der Waals surface area contributed by atoms with Gasteiger partial charge in [0.05, 0.1) is 17.3 Å². The number of allylic oxidation sites excluding steroid dienone is 10. The number of aromatic nitrogens is 2. The molecule has 2 rings (SSSR count). The van der Waals surface area contributed by atoms with Gasteiger partial charge in [-0.15, -0.1) is 0 Å². The summed E-state index contributed by atoms with van der Waals surface area (Å²) >= 11 is 12.4. The van der Waals surface area contributed by atoms with Gasteiger partial charge in [0, 0.05) is 36.9 Å². The predicted octanol–water partition coefficient (Wildman–Crippen LogP) is 8.41. The molecule has 1 heterocycles. The zero-order valence-corrected chi connectivity index (χ0v) is 23.4. The summed E-state index contributed by atoms with van der Waals surface area (Å²) in [5, 5.41) is 9.79. The van der Waals surface area contributed by atoms with Crippen LogP contribution in [-0.2, 0) is 16.6 Å². The van der Waals surface area contributed by atoms with E-state index in [-0.39, 0.29) is 6.42 Å². The number of carbonyl (C=O) groups is 1. The molecule has 38 heavy (non-hydrogen) atoms. The van der Waals surface area contributed by atoms with Crippen LogP contribution in [0.25, 0.3) is 17.3 Å². The summed E-state index contributed by atoms with van der Waals surface area (Å²) in [4.78, 5) is 15.2. The first-order valence-electron chi connectivity index (χ1n) is 12.2. The van der Waals surface area contributed by atoms with Gasteiger partial charge in [0.1, 0.15) is 5.82 Å². The van der Waals surface area contributed by atoms with Gasteiger partial charge >= 0.3 is 5.97 Å². The van der Waals surface area contributed by atoms with Gasteiger partial charge in [-0.05, 0) is 60.8 Å². The molecular formula is C31H34Cl2N2O3. The van der Waals surface area contributed by atoms with E-state index in [1.54, 1.807) is 24.3 Å². The molecule has 0 amide bonds. The number of hydrogen-bond acceptors (Lipinski definition) is 3. The number of benzene rings is 1. The van der Waals surface area contributed by atoms with Crippen LogP contribution in [0.4, 0.5) is 0 Å². The van der Waals surface area contributed by atoms with Crippen molar-refractivity contribution in [2.24, 2.45) is 7.05 Å². The van der Waals surface area contributed by atoms with Crippen LogP contribution in [0.1, 0.15) is 32.0 Å². The monoisotopic (exact) mass is 552 g/mol. The molecule has 0 atom stereocenters. The second-order valence-electron chi connectivity index (χ2n) is 8.45. The molecule has 0 aliphatic heterocycles. The first kappa shape index (κ1) is 30.8. The molecule has 0 fully saturated rings. The highest BCUT2D eigenvalue weighted by Crippen LogP contribution is 2.29. The van der Waals surface area contributed by atoms with E-state index in [1.165, 1.54) is 0 Å². The van der Waals surface area contributed by atoms with Crippen LogP contribution in [0.3, 0.4) is 0 Å². The largest absolute Gasteiger partial charge is 0.481 e. The van der Waals surface area contributed by atoms with Crippen LogP contribution in [-0.4, -0.2) is 33.8 Å². The molecule has 2 aromatic rings. The fourth-order valence-corrected chi connectivity index (χ4v) is 3.92. The van der Waals surface area contributed by atoms with E-state index in [4.69, 9.17) is 38.0 Å². The quantitative estimate of drug-likeness (QED) is 0.137. The minimum atomic E-state index is -0.806. The Kier molecular flexibility index (Phi) is 13.4. The number of carboxylic acid groups (broad SMARTS) is 1. The standard InChI is InChI=1S/C31H34Cl2N2O3/c1-5-10-25(11-7-8-19-38-20-9-12-31(36)37)23(3)13-14-24(6-2)15-18-30-34-29(22-35(30)4)27-17-16-26(32)21-28(27)33/h5-8,10,13-18,21-22H,1-2,9,11-12,19-20H2,3-4H3,(H,36,37)/b8-7-,18-15+,23-13+,24-14+,25-10+. The van der Waals surface area contributed by atoms with E-state index < -0.39 is 5.97 Å². The highest BCUT2D eigenvalue weighted by Gasteiger charge is 2.09. The van der Waals surface area contributed by atoms with Crippen molar-refractivity contribution in [3.8, 4) is 11.3 Å². The Bertz CT molecular complexity index is 1280. The zero-order chi connectivity index (χ0) is 27.9. The minimum absolute atomic E-state index is 0.121. The molecule has 0 bridgehead atoms. The molecule has 7 heteroatoms. The van der Waals surface area contributed by atoms with Gasteiger partial charge < -0.3 is 14.4 Å². The molecule has 0 aliphatic carbocycles. The Hall–Kier alpha value is -3.38. The van der Waals surface area contributed by atoms with Crippen LogP contribution < -0.4 is 0 Å². The van der Waals surface area contributed by atoms with Crippen LogP contribution in [0.15, 0.2) is 103 Å². The molecule has 0 saturated heterocycles. The summed E-state index contributed by atoms with van der Waals surface area (Å²) < 4.78 is 7.37. The molecule has 0 spiro atoms. The molecule has 1 aromatic heterocycles. The van der Waals surface area contributed by atoms with E-state index in [9.17, 15) is 4.79 Å². The normalized spacial score (nSPS) is 13.0. The number of aliphatic carboxylic acids is 1. The van der Waals surface area contributed by atoms with Gasteiger partial charge in [-0.25, -0.2) is 4.98 Å². The van der Waals surface area contributed by atoms with Gasteiger partial charge in [0.15, 0.2) is 0 Å². The van der Waals surface area contributed by atoms with Gasteiger partial charge in [-0.2, -0.15) is 0 Å². The Morgan fingerprint density at radius 2 is 1.97 bits per heavy atom. The summed E-state index contributed by atoms with van der Waals surface area (Å²) in [7, 11) is 1.93. The number of aryl methyl sites for hydroxylation is 1. The predicted molar refractivity (Wildman–Crippen MR) is 159 cm³/mol. The lowest BCUT2D eigenvalue weighted by atomic mass is 10.0. The number of carboxylic acids is 1. The molecule has 1 aromatic carbocycles. The van der Waals surface area contributed by atoms with E-state index >= 15 is 0 Å². The van der Waals surface area contributed by atoms with E-state index in [1.807, 2.05) is 73.3 Å². The Morgan fingerprint density at radius 1 is 1.18 bits per heavy atom. The minimum Gasteiger partial charge on any atom is -0.481 e. The van der Waals surface area contributed by atoms with E-state index in [0.29, 0.717) is 29.7 Å². The van der Waals surface area contributed by atoms with Gasteiger partial charge in [-0.1, -0.05) is 85.0 Å².